The van der Waals surface area contributed by atoms with Crippen LogP contribution in [-0.2, 0) is 14.3 Å². The molecular formula is C12H16O5. The molecule has 0 spiro atoms. The number of carbonyl (C=O) groups excluding carboxylic acids is 2. The van der Waals surface area contributed by atoms with E-state index in [1.54, 1.807) is 13.8 Å². The molecule has 0 aliphatic heterocycles. The summed E-state index contributed by atoms with van der Waals surface area (Å²) in [6.45, 7) is 4.24. The van der Waals surface area contributed by atoms with Gasteiger partial charge in [0.25, 0.3) is 0 Å². The van der Waals surface area contributed by atoms with Gasteiger partial charge in [-0.2, -0.15) is 0 Å². The van der Waals surface area contributed by atoms with E-state index in [2.05, 4.69) is 0 Å². The van der Waals surface area contributed by atoms with E-state index in [9.17, 15) is 9.59 Å². The Balaban J connectivity index is 2.54. The Kier molecular flexibility index (Phi) is 5.59. The summed E-state index contributed by atoms with van der Waals surface area (Å²) in [4.78, 5) is 23.4. The molecule has 1 aromatic heterocycles. The molecule has 0 saturated heterocycles. The molecule has 0 saturated carbocycles. The van der Waals surface area contributed by atoms with Gasteiger partial charge in [-0.3, -0.25) is 9.59 Å². The highest BCUT2D eigenvalue weighted by molar-refractivity contribution is 6.08. The minimum atomic E-state index is -0.958. The average molecular weight is 240 g/mol. The van der Waals surface area contributed by atoms with Gasteiger partial charge in [0.1, 0.15) is 6.26 Å². The number of hydrogen-bond acceptors (Lipinski definition) is 5. The lowest BCUT2D eigenvalue weighted by Gasteiger charge is -2.14. The molecule has 1 rings (SSSR count). The second-order valence-corrected chi connectivity index (χ2v) is 3.32. The Morgan fingerprint density at radius 3 is 2.41 bits per heavy atom. The molecule has 0 N–H and O–H groups in total. The molecule has 0 fully saturated rings. The third kappa shape index (κ3) is 4.13. The smallest absolute Gasteiger partial charge is 0.218 e. The van der Waals surface area contributed by atoms with Crippen LogP contribution in [-0.4, -0.2) is 31.1 Å². The summed E-state index contributed by atoms with van der Waals surface area (Å²) in [6.07, 6.45) is 1.50. The lowest BCUT2D eigenvalue weighted by Crippen LogP contribution is -2.29. The highest BCUT2D eigenvalue weighted by atomic mass is 16.7. The first-order valence-corrected chi connectivity index (χ1v) is 5.50. The van der Waals surface area contributed by atoms with Crippen molar-refractivity contribution in [3.8, 4) is 0 Å². The number of carbonyl (C=O) groups is 2. The number of ketones is 2. The van der Waals surface area contributed by atoms with Crippen molar-refractivity contribution in [3.63, 3.8) is 0 Å². The van der Waals surface area contributed by atoms with Crippen molar-refractivity contribution < 1.29 is 23.5 Å². The molecular weight excluding hydrogens is 224 g/mol. The minimum Gasteiger partial charge on any atom is -0.472 e. The fraction of sp³-hybridized carbons (Fsp3) is 0.500. The normalized spacial score (nSPS) is 10.8. The van der Waals surface area contributed by atoms with E-state index in [1.165, 1.54) is 18.6 Å². The summed E-state index contributed by atoms with van der Waals surface area (Å²) in [6, 6.07) is 1.52. The van der Waals surface area contributed by atoms with E-state index in [0.717, 1.165) is 0 Å². The van der Waals surface area contributed by atoms with Gasteiger partial charge in [-0.1, -0.05) is 0 Å². The van der Waals surface area contributed by atoms with Gasteiger partial charge in [0.05, 0.1) is 18.2 Å². The highest BCUT2D eigenvalue weighted by Crippen LogP contribution is 2.08. The zero-order valence-corrected chi connectivity index (χ0v) is 9.97. The Labute approximate surface area is 99.7 Å². The van der Waals surface area contributed by atoms with Crippen molar-refractivity contribution >= 4 is 11.6 Å². The summed E-state index contributed by atoms with van der Waals surface area (Å²) < 4.78 is 15.0. The van der Waals surface area contributed by atoms with Crippen LogP contribution in [0, 0.1) is 0 Å². The molecule has 1 aromatic rings. The van der Waals surface area contributed by atoms with Crippen molar-refractivity contribution in [1.29, 1.82) is 0 Å². The lowest BCUT2D eigenvalue weighted by atomic mass is 10.1. The van der Waals surface area contributed by atoms with Gasteiger partial charge in [-0.15, -0.1) is 0 Å². The monoisotopic (exact) mass is 240 g/mol. The van der Waals surface area contributed by atoms with Crippen molar-refractivity contribution in [2.75, 3.05) is 13.2 Å². The zero-order chi connectivity index (χ0) is 12.7. The van der Waals surface area contributed by atoms with Crippen LogP contribution in [0.4, 0.5) is 0 Å². The van der Waals surface area contributed by atoms with E-state index in [0.29, 0.717) is 18.8 Å². The first-order valence-electron chi connectivity index (χ1n) is 5.50. The van der Waals surface area contributed by atoms with Gasteiger partial charge in [0, 0.05) is 13.2 Å². The van der Waals surface area contributed by atoms with Crippen LogP contribution < -0.4 is 0 Å². The fourth-order valence-electron chi connectivity index (χ4n) is 1.30. The van der Waals surface area contributed by atoms with Gasteiger partial charge in [-0.05, 0) is 19.9 Å². The average Bonchev–Trinajstić information content (AvgIpc) is 2.82. The van der Waals surface area contributed by atoms with Crippen molar-refractivity contribution in [2.45, 2.75) is 26.6 Å². The molecule has 0 aliphatic rings. The van der Waals surface area contributed by atoms with Crippen LogP contribution in [0.2, 0.25) is 0 Å². The second-order valence-electron chi connectivity index (χ2n) is 3.32. The predicted octanol–water partition coefficient (Wildman–Crippen LogP) is 1.82. The quantitative estimate of drug-likeness (QED) is 0.394. The Morgan fingerprint density at radius 2 is 1.94 bits per heavy atom. The molecule has 0 amide bonds. The van der Waals surface area contributed by atoms with E-state index < -0.39 is 6.29 Å². The van der Waals surface area contributed by atoms with E-state index in [4.69, 9.17) is 13.9 Å². The van der Waals surface area contributed by atoms with Gasteiger partial charge >= 0.3 is 0 Å². The summed E-state index contributed by atoms with van der Waals surface area (Å²) in [5.74, 6) is -0.673. The molecule has 0 bridgehead atoms. The number of rotatable bonds is 8. The fourth-order valence-corrected chi connectivity index (χ4v) is 1.30. The first kappa shape index (κ1) is 13.6. The van der Waals surface area contributed by atoms with Crippen LogP contribution >= 0.6 is 0 Å². The number of ether oxygens (including phenoxy) is 2. The van der Waals surface area contributed by atoms with Crippen molar-refractivity contribution in [2.24, 2.45) is 0 Å². The summed E-state index contributed by atoms with van der Waals surface area (Å²) in [7, 11) is 0. The maximum atomic E-state index is 11.7. The summed E-state index contributed by atoms with van der Waals surface area (Å²) in [5.41, 5.74) is 0.380. The Bertz CT molecular complexity index is 349. The van der Waals surface area contributed by atoms with Crippen LogP contribution in [0.1, 0.15) is 30.6 Å². The molecule has 5 nitrogen and oxygen atoms in total. The van der Waals surface area contributed by atoms with E-state index in [1.807, 2.05) is 0 Å². The molecule has 0 unspecified atom stereocenters. The van der Waals surface area contributed by atoms with E-state index in [-0.39, 0.29) is 18.0 Å². The first-order chi connectivity index (χ1) is 8.19. The SMILES string of the molecule is CCOC(OCC)C(=O)CC(=O)c1ccoc1. The molecule has 5 heteroatoms. The zero-order valence-electron chi connectivity index (χ0n) is 9.97. The van der Waals surface area contributed by atoms with Crippen molar-refractivity contribution in [3.05, 3.63) is 24.2 Å². The van der Waals surface area contributed by atoms with Crippen LogP contribution in [0.3, 0.4) is 0 Å². The maximum absolute atomic E-state index is 11.7. The molecule has 0 aromatic carbocycles. The molecule has 0 aliphatic carbocycles. The van der Waals surface area contributed by atoms with Gasteiger partial charge in [0.15, 0.2) is 11.6 Å². The van der Waals surface area contributed by atoms with Crippen LogP contribution in [0.5, 0.6) is 0 Å². The lowest BCUT2D eigenvalue weighted by molar-refractivity contribution is -0.166. The molecule has 17 heavy (non-hydrogen) atoms. The van der Waals surface area contributed by atoms with Gasteiger partial charge in [-0.25, -0.2) is 0 Å². The highest BCUT2D eigenvalue weighted by Gasteiger charge is 2.22. The predicted molar refractivity (Wildman–Crippen MR) is 59.7 cm³/mol. The van der Waals surface area contributed by atoms with Crippen LogP contribution in [0.15, 0.2) is 23.0 Å². The van der Waals surface area contributed by atoms with Gasteiger partial charge in [0.2, 0.25) is 6.29 Å². The molecule has 0 radical (unpaired) electrons. The summed E-state index contributed by atoms with van der Waals surface area (Å²) in [5, 5.41) is 0. The topological polar surface area (TPSA) is 65.7 Å². The second kappa shape index (κ2) is 6.98. The number of hydrogen-bond donors (Lipinski definition) is 0. The summed E-state index contributed by atoms with van der Waals surface area (Å²) >= 11 is 0. The standard InChI is InChI=1S/C12H16O5/c1-3-16-12(17-4-2)11(14)7-10(13)9-5-6-15-8-9/h5-6,8,12H,3-4,7H2,1-2H3. The Morgan fingerprint density at radius 1 is 1.29 bits per heavy atom. The minimum absolute atomic E-state index is 0.246. The van der Waals surface area contributed by atoms with Gasteiger partial charge < -0.3 is 13.9 Å². The Hall–Kier alpha value is -1.46. The maximum Gasteiger partial charge on any atom is 0.218 e. The van der Waals surface area contributed by atoms with E-state index >= 15 is 0 Å². The number of Topliss-reactive ketones (excluding diaryl/α,β-unsaturated/α-hetero) is 2. The van der Waals surface area contributed by atoms with Crippen LogP contribution in [0.25, 0.3) is 0 Å². The molecule has 94 valence electrons. The largest absolute Gasteiger partial charge is 0.472 e. The third-order valence-electron chi connectivity index (χ3n) is 2.08. The number of furan rings is 1. The third-order valence-corrected chi connectivity index (χ3v) is 2.08. The van der Waals surface area contributed by atoms with Crippen molar-refractivity contribution in [1.82, 2.24) is 0 Å². The molecule has 0 atom stereocenters. The molecule has 1 heterocycles.